The second kappa shape index (κ2) is 7.42. The molecular weight excluding hydrogens is 366 g/mol. The number of hydrogen-bond acceptors (Lipinski definition) is 3. The molecule has 0 aliphatic carbocycles. The zero-order chi connectivity index (χ0) is 16.1. The Hall–Kier alpha value is -1.85. The van der Waals surface area contributed by atoms with Crippen LogP contribution in [0.1, 0.15) is 15.9 Å². The molecule has 0 aromatic heterocycles. The van der Waals surface area contributed by atoms with Crippen LogP contribution >= 0.6 is 27.5 Å². The molecule has 0 atom stereocenters. The first-order valence-electron chi connectivity index (χ1n) is 6.53. The molecule has 0 unspecified atom stereocenters. The molecule has 0 radical (unpaired) electrons. The fraction of sp³-hybridized carbons (Fsp3) is 0.125. The predicted octanol–water partition coefficient (Wildman–Crippen LogP) is 3.93. The van der Waals surface area contributed by atoms with Crippen LogP contribution in [-0.2, 0) is 0 Å². The van der Waals surface area contributed by atoms with Crippen molar-refractivity contribution >= 4 is 45.3 Å². The van der Waals surface area contributed by atoms with E-state index >= 15 is 0 Å². The average molecular weight is 381 g/mol. The first-order valence-corrected chi connectivity index (χ1v) is 7.70. The molecule has 0 heterocycles. The second-order valence-electron chi connectivity index (χ2n) is 4.81. The SMILES string of the molecule is CN(C)c1cccc(C(=O)N/N=C/c2ccc(Br)cc2Cl)c1. The van der Waals surface area contributed by atoms with Gasteiger partial charge < -0.3 is 4.90 Å². The third-order valence-electron chi connectivity index (χ3n) is 2.96. The summed E-state index contributed by atoms with van der Waals surface area (Å²) >= 11 is 9.41. The highest BCUT2D eigenvalue weighted by Crippen LogP contribution is 2.19. The lowest BCUT2D eigenvalue weighted by molar-refractivity contribution is 0.0955. The van der Waals surface area contributed by atoms with Gasteiger partial charge in [-0.3, -0.25) is 4.79 Å². The van der Waals surface area contributed by atoms with Crippen LogP contribution in [0.3, 0.4) is 0 Å². The van der Waals surface area contributed by atoms with Crippen molar-refractivity contribution in [2.24, 2.45) is 5.10 Å². The number of carbonyl (C=O) groups is 1. The molecule has 1 N–H and O–H groups in total. The van der Waals surface area contributed by atoms with Gasteiger partial charge in [0.2, 0.25) is 0 Å². The third-order valence-corrected chi connectivity index (χ3v) is 3.78. The topological polar surface area (TPSA) is 44.7 Å². The van der Waals surface area contributed by atoms with Crippen LogP contribution in [0.25, 0.3) is 0 Å². The maximum atomic E-state index is 12.1. The number of nitrogens with zero attached hydrogens (tertiary/aromatic N) is 2. The number of anilines is 1. The van der Waals surface area contributed by atoms with Crippen molar-refractivity contribution in [3.05, 3.63) is 63.1 Å². The highest BCUT2D eigenvalue weighted by molar-refractivity contribution is 9.10. The summed E-state index contributed by atoms with van der Waals surface area (Å²) in [4.78, 5) is 14.0. The Morgan fingerprint density at radius 2 is 2.05 bits per heavy atom. The minimum absolute atomic E-state index is 0.270. The van der Waals surface area contributed by atoms with E-state index in [2.05, 4.69) is 26.5 Å². The normalized spacial score (nSPS) is 10.7. The number of benzene rings is 2. The first kappa shape index (κ1) is 16.5. The monoisotopic (exact) mass is 379 g/mol. The van der Waals surface area contributed by atoms with E-state index in [1.165, 1.54) is 6.21 Å². The molecule has 0 saturated heterocycles. The highest BCUT2D eigenvalue weighted by Gasteiger charge is 2.06. The summed E-state index contributed by atoms with van der Waals surface area (Å²) in [6.07, 6.45) is 1.52. The summed E-state index contributed by atoms with van der Waals surface area (Å²) < 4.78 is 0.888. The molecule has 6 heteroatoms. The van der Waals surface area contributed by atoms with Gasteiger partial charge in [0, 0.05) is 35.4 Å². The smallest absolute Gasteiger partial charge is 0.271 e. The Morgan fingerprint density at radius 1 is 1.27 bits per heavy atom. The van der Waals surface area contributed by atoms with Gasteiger partial charge in [-0.05, 0) is 30.3 Å². The maximum Gasteiger partial charge on any atom is 0.271 e. The molecule has 2 aromatic carbocycles. The van der Waals surface area contributed by atoms with Gasteiger partial charge in [0.1, 0.15) is 0 Å². The Kier molecular flexibility index (Phi) is 5.57. The largest absolute Gasteiger partial charge is 0.378 e. The fourth-order valence-electron chi connectivity index (χ4n) is 1.76. The van der Waals surface area contributed by atoms with Gasteiger partial charge >= 0.3 is 0 Å². The zero-order valence-electron chi connectivity index (χ0n) is 12.2. The maximum absolute atomic E-state index is 12.1. The van der Waals surface area contributed by atoms with E-state index in [1.54, 1.807) is 18.2 Å². The molecule has 0 aliphatic heterocycles. The third kappa shape index (κ3) is 4.32. The zero-order valence-corrected chi connectivity index (χ0v) is 14.5. The lowest BCUT2D eigenvalue weighted by Gasteiger charge is -2.12. The van der Waals surface area contributed by atoms with Crippen LogP contribution in [0.5, 0.6) is 0 Å². The molecule has 0 spiro atoms. The molecule has 0 fully saturated rings. The molecule has 2 rings (SSSR count). The molecule has 0 bridgehead atoms. The van der Waals surface area contributed by atoms with Gasteiger partial charge in [0.05, 0.1) is 11.2 Å². The highest BCUT2D eigenvalue weighted by atomic mass is 79.9. The summed E-state index contributed by atoms with van der Waals surface area (Å²) in [7, 11) is 3.84. The van der Waals surface area contributed by atoms with Crippen molar-refractivity contribution in [3.63, 3.8) is 0 Å². The van der Waals surface area contributed by atoms with Crippen LogP contribution in [0.15, 0.2) is 52.0 Å². The average Bonchev–Trinajstić information content (AvgIpc) is 2.49. The van der Waals surface area contributed by atoms with Crippen LogP contribution in [-0.4, -0.2) is 26.2 Å². The molecular formula is C16H15BrClN3O. The van der Waals surface area contributed by atoms with Gasteiger partial charge in [-0.1, -0.05) is 39.7 Å². The summed E-state index contributed by atoms with van der Waals surface area (Å²) in [6.45, 7) is 0. The van der Waals surface area contributed by atoms with E-state index in [9.17, 15) is 4.79 Å². The van der Waals surface area contributed by atoms with E-state index in [1.807, 2.05) is 43.3 Å². The minimum Gasteiger partial charge on any atom is -0.378 e. The number of amides is 1. The summed E-state index contributed by atoms with van der Waals surface area (Å²) in [5, 5.41) is 4.50. The van der Waals surface area contributed by atoms with Crippen molar-refractivity contribution < 1.29 is 4.79 Å². The van der Waals surface area contributed by atoms with Gasteiger partial charge in [0.25, 0.3) is 5.91 Å². The van der Waals surface area contributed by atoms with Gasteiger partial charge in [-0.25, -0.2) is 5.43 Å². The number of hydrogen-bond donors (Lipinski definition) is 1. The number of nitrogens with one attached hydrogen (secondary N) is 1. The van der Waals surface area contributed by atoms with Crippen molar-refractivity contribution in [2.45, 2.75) is 0 Å². The van der Waals surface area contributed by atoms with E-state index < -0.39 is 0 Å². The quantitative estimate of drug-likeness (QED) is 0.645. The second-order valence-corrected chi connectivity index (χ2v) is 6.13. The molecule has 4 nitrogen and oxygen atoms in total. The van der Waals surface area contributed by atoms with Crippen molar-refractivity contribution in [3.8, 4) is 0 Å². The van der Waals surface area contributed by atoms with Gasteiger partial charge in [-0.15, -0.1) is 0 Å². The van der Waals surface area contributed by atoms with E-state index in [0.717, 1.165) is 15.7 Å². The first-order chi connectivity index (χ1) is 10.5. The molecule has 2 aromatic rings. The van der Waals surface area contributed by atoms with Gasteiger partial charge in [-0.2, -0.15) is 5.10 Å². The summed E-state index contributed by atoms with van der Waals surface area (Å²) in [5.74, 6) is -0.270. The van der Waals surface area contributed by atoms with E-state index in [4.69, 9.17) is 11.6 Å². The fourth-order valence-corrected chi connectivity index (χ4v) is 2.48. The van der Waals surface area contributed by atoms with E-state index in [-0.39, 0.29) is 5.91 Å². The Bertz CT molecular complexity index is 716. The Labute approximate surface area is 142 Å². The van der Waals surface area contributed by atoms with Crippen LogP contribution in [0.4, 0.5) is 5.69 Å². The standard InChI is InChI=1S/C16H15BrClN3O/c1-21(2)14-5-3-4-11(8-14)16(22)20-19-10-12-6-7-13(17)9-15(12)18/h3-10H,1-2H3,(H,20,22)/b19-10+. The lowest BCUT2D eigenvalue weighted by Crippen LogP contribution is -2.18. The Morgan fingerprint density at radius 3 is 2.73 bits per heavy atom. The molecule has 0 aliphatic rings. The van der Waals surface area contributed by atoms with Crippen molar-refractivity contribution in [1.29, 1.82) is 0 Å². The van der Waals surface area contributed by atoms with Crippen molar-refractivity contribution in [1.82, 2.24) is 5.43 Å². The Balaban J connectivity index is 2.06. The number of hydrazone groups is 1. The van der Waals surface area contributed by atoms with Crippen LogP contribution in [0.2, 0.25) is 5.02 Å². The molecule has 1 amide bonds. The summed E-state index contributed by atoms with van der Waals surface area (Å²) in [6, 6.07) is 12.7. The van der Waals surface area contributed by atoms with Gasteiger partial charge in [0.15, 0.2) is 0 Å². The number of carbonyl (C=O) groups excluding carboxylic acids is 1. The molecule has 0 saturated carbocycles. The van der Waals surface area contributed by atoms with Crippen LogP contribution in [0, 0.1) is 0 Å². The van der Waals surface area contributed by atoms with Crippen molar-refractivity contribution in [2.75, 3.05) is 19.0 Å². The van der Waals surface area contributed by atoms with Crippen LogP contribution < -0.4 is 10.3 Å². The minimum atomic E-state index is -0.270. The van der Waals surface area contributed by atoms with E-state index in [0.29, 0.717) is 10.6 Å². The molecule has 114 valence electrons. The molecule has 22 heavy (non-hydrogen) atoms. The predicted molar refractivity (Wildman–Crippen MR) is 95.0 cm³/mol. The number of halogens is 2. The summed E-state index contributed by atoms with van der Waals surface area (Å²) in [5.41, 5.74) is 4.72. The lowest BCUT2D eigenvalue weighted by atomic mass is 10.2. The number of rotatable bonds is 4.